The molecule has 1 aromatic carbocycles. The number of fused-ring (bicyclic) bond motifs is 2. The Labute approximate surface area is 146 Å². The maximum absolute atomic E-state index is 4.97. The van der Waals surface area contributed by atoms with E-state index in [9.17, 15) is 0 Å². The minimum Gasteiger partial charge on any atom is -0.348 e. The van der Waals surface area contributed by atoms with E-state index in [2.05, 4.69) is 39.5 Å². The van der Waals surface area contributed by atoms with Gasteiger partial charge in [0.15, 0.2) is 5.82 Å². The fourth-order valence-electron chi connectivity index (χ4n) is 3.71. The van der Waals surface area contributed by atoms with Gasteiger partial charge in [-0.15, -0.1) is 0 Å². The van der Waals surface area contributed by atoms with Crippen molar-refractivity contribution in [1.29, 1.82) is 0 Å². The monoisotopic (exact) mass is 329 g/mol. The molecule has 0 amide bonds. The lowest BCUT2D eigenvalue weighted by atomic mass is 10.1. The molecule has 25 heavy (non-hydrogen) atoms. The van der Waals surface area contributed by atoms with Crippen molar-refractivity contribution in [3.05, 3.63) is 71.2 Å². The smallest absolute Gasteiger partial charge is 0.163 e. The van der Waals surface area contributed by atoms with Gasteiger partial charge in [-0.05, 0) is 36.2 Å². The van der Waals surface area contributed by atoms with Gasteiger partial charge in [-0.25, -0.2) is 9.97 Å². The minimum absolute atomic E-state index is 0.765. The van der Waals surface area contributed by atoms with Crippen molar-refractivity contribution < 1.29 is 0 Å². The van der Waals surface area contributed by atoms with Gasteiger partial charge in [0.05, 0.1) is 5.69 Å². The average Bonchev–Trinajstić information content (AvgIpc) is 3.12. The molecule has 5 nitrogen and oxygen atoms in total. The SMILES string of the molecule is c1cncc(-c2nc3c(c(N4Cc5ccccc5C4)n2)CCNC3)c1. The molecule has 0 radical (unpaired) electrons. The van der Waals surface area contributed by atoms with E-state index in [1.54, 1.807) is 6.20 Å². The third-order valence-electron chi connectivity index (χ3n) is 4.98. The second-order valence-electron chi connectivity index (χ2n) is 6.59. The molecule has 0 saturated heterocycles. The molecule has 4 heterocycles. The molecule has 0 bridgehead atoms. The lowest BCUT2D eigenvalue weighted by Crippen LogP contribution is -2.29. The van der Waals surface area contributed by atoms with Crippen LogP contribution in [0.3, 0.4) is 0 Å². The van der Waals surface area contributed by atoms with Gasteiger partial charge in [0, 0.05) is 43.2 Å². The number of anilines is 1. The van der Waals surface area contributed by atoms with Crippen molar-refractivity contribution in [3.8, 4) is 11.4 Å². The zero-order valence-electron chi connectivity index (χ0n) is 13.9. The van der Waals surface area contributed by atoms with Crippen LogP contribution in [0.1, 0.15) is 22.4 Å². The number of nitrogens with zero attached hydrogens (tertiary/aromatic N) is 4. The van der Waals surface area contributed by atoms with Crippen molar-refractivity contribution in [1.82, 2.24) is 20.3 Å². The summed E-state index contributed by atoms with van der Waals surface area (Å²) in [5, 5.41) is 3.43. The van der Waals surface area contributed by atoms with Gasteiger partial charge in [-0.2, -0.15) is 0 Å². The molecule has 0 saturated carbocycles. The molecule has 0 atom stereocenters. The molecule has 0 spiro atoms. The van der Waals surface area contributed by atoms with Crippen molar-refractivity contribution in [2.75, 3.05) is 11.4 Å². The van der Waals surface area contributed by atoms with E-state index in [0.717, 1.165) is 55.5 Å². The maximum Gasteiger partial charge on any atom is 0.163 e. The second kappa shape index (κ2) is 5.93. The Balaban J connectivity index is 1.61. The van der Waals surface area contributed by atoms with Gasteiger partial charge < -0.3 is 10.2 Å². The lowest BCUT2D eigenvalue weighted by molar-refractivity contribution is 0.620. The molecule has 0 fully saturated rings. The highest BCUT2D eigenvalue weighted by atomic mass is 15.2. The van der Waals surface area contributed by atoms with Gasteiger partial charge in [0.1, 0.15) is 5.82 Å². The number of benzene rings is 1. The summed E-state index contributed by atoms with van der Waals surface area (Å²) in [5.41, 5.74) is 6.16. The van der Waals surface area contributed by atoms with E-state index in [1.807, 2.05) is 18.3 Å². The van der Waals surface area contributed by atoms with Crippen molar-refractivity contribution in [2.45, 2.75) is 26.1 Å². The summed E-state index contributed by atoms with van der Waals surface area (Å²) < 4.78 is 0. The molecular formula is C20H19N5. The van der Waals surface area contributed by atoms with Crippen molar-refractivity contribution in [2.24, 2.45) is 0 Å². The normalized spacial score (nSPS) is 15.8. The molecule has 1 N–H and O–H groups in total. The fourth-order valence-corrected chi connectivity index (χ4v) is 3.71. The minimum atomic E-state index is 0.765. The highest BCUT2D eigenvalue weighted by Crippen LogP contribution is 2.33. The number of nitrogens with one attached hydrogen (secondary N) is 1. The Morgan fingerprint density at radius 1 is 0.960 bits per heavy atom. The largest absolute Gasteiger partial charge is 0.348 e. The predicted molar refractivity (Wildman–Crippen MR) is 97.0 cm³/mol. The van der Waals surface area contributed by atoms with Crippen LogP contribution < -0.4 is 10.2 Å². The first-order chi connectivity index (χ1) is 12.4. The Morgan fingerprint density at radius 3 is 2.56 bits per heavy atom. The summed E-state index contributed by atoms with van der Waals surface area (Å²) in [6, 6.07) is 12.6. The topological polar surface area (TPSA) is 53.9 Å². The van der Waals surface area contributed by atoms with Crippen LogP contribution in [0.25, 0.3) is 11.4 Å². The summed E-state index contributed by atoms with van der Waals surface area (Å²) in [6.45, 7) is 3.62. The molecule has 0 aliphatic carbocycles. The fraction of sp³-hybridized carbons (Fsp3) is 0.250. The van der Waals surface area contributed by atoms with Gasteiger partial charge in [0.25, 0.3) is 0 Å². The van der Waals surface area contributed by atoms with Gasteiger partial charge in [0.2, 0.25) is 0 Å². The van der Waals surface area contributed by atoms with E-state index >= 15 is 0 Å². The molecule has 2 aliphatic rings. The van der Waals surface area contributed by atoms with Crippen LogP contribution in [0.5, 0.6) is 0 Å². The van der Waals surface area contributed by atoms with Crippen LogP contribution in [0, 0.1) is 0 Å². The van der Waals surface area contributed by atoms with E-state index in [-0.39, 0.29) is 0 Å². The first kappa shape index (κ1) is 14.5. The second-order valence-corrected chi connectivity index (χ2v) is 6.59. The predicted octanol–water partition coefficient (Wildman–Crippen LogP) is 2.70. The summed E-state index contributed by atoms with van der Waals surface area (Å²) >= 11 is 0. The maximum atomic E-state index is 4.97. The van der Waals surface area contributed by atoms with E-state index in [4.69, 9.17) is 9.97 Å². The van der Waals surface area contributed by atoms with E-state index in [1.165, 1.54) is 16.7 Å². The molecule has 5 heteroatoms. The van der Waals surface area contributed by atoms with Gasteiger partial charge in [-0.3, -0.25) is 4.98 Å². The van der Waals surface area contributed by atoms with E-state index < -0.39 is 0 Å². The van der Waals surface area contributed by atoms with Crippen molar-refractivity contribution >= 4 is 5.82 Å². The molecule has 124 valence electrons. The van der Waals surface area contributed by atoms with Crippen molar-refractivity contribution in [3.63, 3.8) is 0 Å². The van der Waals surface area contributed by atoms with Crippen LogP contribution in [0.15, 0.2) is 48.8 Å². The van der Waals surface area contributed by atoms with Crippen LogP contribution in [0.2, 0.25) is 0 Å². The zero-order chi connectivity index (χ0) is 16.6. The molecular weight excluding hydrogens is 310 g/mol. The quantitative estimate of drug-likeness (QED) is 0.783. The third kappa shape index (κ3) is 2.57. The number of hydrogen-bond acceptors (Lipinski definition) is 5. The first-order valence-electron chi connectivity index (χ1n) is 8.71. The molecule has 0 unspecified atom stereocenters. The number of hydrogen-bond donors (Lipinski definition) is 1. The molecule has 2 aliphatic heterocycles. The molecule has 5 rings (SSSR count). The third-order valence-corrected chi connectivity index (χ3v) is 4.98. The standard InChI is InChI=1S/C20H19N5/c1-2-5-16-13-25(12-15(16)4-1)20-17-7-9-22-11-18(17)23-19(24-20)14-6-3-8-21-10-14/h1-6,8,10,22H,7,9,11-13H2. The summed E-state index contributed by atoms with van der Waals surface area (Å²) in [5.74, 6) is 1.85. The summed E-state index contributed by atoms with van der Waals surface area (Å²) in [7, 11) is 0. The van der Waals surface area contributed by atoms with Gasteiger partial charge >= 0.3 is 0 Å². The van der Waals surface area contributed by atoms with E-state index in [0.29, 0.717) is 0 Å². The van der Waals surface area contributed by atoms with Crippen LogP contribution in [0.4, 0.5) is 5.82 Å². The van der Waals surface area contributed by atoms with Gasteiger partial charge in [-0.1, -0.05) is 24.3 Å². The Kier molecular flexibility index (Phi) is 3.45. The summed E-state index contributed by atoms with van der Waals surface area (Å²) in [4.78, 5) is 16.4. The first-order valence-corrected chi connectivity index (χ1v) is 8.71. The Morgan fingerprint density at radius 2 is 1.80 bits per heavy atom. The molecule has 3 aromatic rings. The number of aromatic nitrogens is 3. The summed E-state index contributed by atoms with van der Waals surface area (Å²) in [6.07, 6.45) is 4.59. The zero-order valence-corrected chi connectivity index (χ0v) is 13.9. The highest BCUT2D eigenvalue weighted by molar-refractivity contribution is 5.61. The van der Waals surface area contributed by atoms with Crippen LogP contribution >= 0.6 is 0 Å². The van der Waals surface area contributed by atoms with Crippen LogP contribution in [-0.2, 0) is 26.1 Å². The Bertz CT molecular complexity index is 898. The van der Waals surface area contributed by atoms with Crippen LogP contribution in [-0.4, -0.2) is 21.5 Å². The average molecular weight is 329 g/mol. The Hall–Kier alpha value is -2.79. The highest BCUT2D eigenvalue weighted by Gasteiger charge is 2.26. The molecule has 2 aromatic heterocycles. The number of rotatable bonds is 2. The number of pyridine rings is 1. The lowest BCUT2D eigenvalue weighted by Gasteiger charge is -2.25.